The van der Waals surface area contributed by atoms with Crippen LogP contribution in [0.25, 0.3) is 0 Å². The van der Waals surface area contributed by atoms with Crippen LogP contribution in [0.4, 0.5) is 14.5 Å². The Morgan fingerprint density at radius 3 is 2.42 bits per heavy atom. The molecule has 2 heterocycles. The molecule has 164 valence electrons. The predicted octanol–water partition coefficient (Wildman–Crippen LogP) is 3.93. The highest BCUT2D eigenvalue weighted by molar-refractivity contribution is 7.89. The first-order valence-corrected chi connectivity index (χ1v) is 11.5. The molecule has 1 aliphatic heterocycles. The lowest BCUT2D eigenvalue weighted by Gasteiger charge is -2.21. The van der Waals surface area contributed by atoms with E-state index in [-0.39, 0.29) is 35.1 Å². The van der Waals surface area contributed by atoms with Gasteiger partial charge in [-0.15, -0.1) is 0 Å². The Hall–Kier alpha value is -2.49. The summed E-state index contributed by atoms with van der Waals surface area (Å²) in [6, 6.07) is 12.6. The second-order valence-corrected chi connectivity index (χ2v) is 9.78. The quantitative estimate of drug-likeness (QED) is 0.618. The van der Waals surface area contributed by atoms with Crippen molar-refractivity contribution in [1.82, 2.24) is 14.1 Å². The topological polar surface area (TPSA) is 67.2 Å². The summed E-state index contributed by atoms with van der Waals surface area (Å²) in [7, 11) is -2.33. The third-order valence-electron chi connectivity index (χ3n) is 5.48. The summed E-state index contributed by atoms with van der Waals surface area (Å²) >= 11 is 6.23. The molecule has 6 nitrogen and oxygen atoms in total. The molecule has 10 heteroatoms. The maximum absolute atomic E-state index is 13.7. The van der Waals surface area contributed by atoms with Crippen molar-refractivity contribution < 1.29 is 17.2 Å². The first-order valence-electron chi connectivity index (χ1n) is 9.64. The van der Waals surface area contributed by atoms with E-state index < -0.39 is 21.7 Å². The second-order valence-electron chi connectivity index (χ2n) is 7.55. The Morgan fingerprint density at radius 1 is 1.10 bits per heavy atom. The number of anilines is 1. The lowest BCUT2D eigenvalue weighted by atomic mass is 9.94. The molecule has 0 saturated carbocycles. The van der Waals surface area contributed by atoms with E-state index in [1.165, 1.54) is 15.1 Å². The van der Waals surface area contributed by atoms with E-state index in [9.17, 15) is 17.2 Å². The van der Waals surface area contributed by atoms with Crippen LogP contribution in [0, 0.1) is 18.6 Å². The molecular formula is C21H21ClF2N4O2S. The first kappa shape index (κ1) is 21.7. The van der Waals surface area contributed by atoms with Crippen LogP contribution >= 0.6 is 11.6 Å². The van der Waals surface area contributed by atoms with E-state index in [0.29, 0.717) is 11.4 Å². The Bertz CT molecular complexity index is 1220. The molecule has 2 atom stereocenters. The molecular weight excluding hydrogens is 446 g/mol. The maximum atomic E-state index is 13.7. The molecule has 2 aromatic carbocycles. The highest BCUT2D eigenvalue weighted by atomic mass is 35.5. The van der Waals surface area contributed by atoms with Gasteiger partial charge >= 0.3 is 0 Å². The molecule has 2 unspecified atom stereocenters. The smallest absolute Gasteiger partial charge is 0.248 e. The van der Waals surface area contributed by atoms with Crippen molar-refractivity contribution in [2.45, 2.75) is 23.8 Å². The van der Waals surface area contributed by atoms with Gasteiger partial charge in [0.15, 0.2) is 11.6 Å². The Kier molecular flexibility index (Phi) is 5.76. The van der Waals surface area contributed by atoms with Crippen LogP contribution in [-0.2, 0) is 17.1 Å². The molecule has 1 aliphatic rings. The molecule has 1 N–H and O–H groups in total. The fourth-order valence-corrected chi connectivity index (χ4v) is 6.18. The van der Waals surface area contributed by atoms with E-state index in [2.05, 4.69) is 10.4 Å². The van der Waals surface area contributed by atoms with Gasteiger partial charge in [0.1, 0.15) is 10.0 Å². The summed E-state index contributed by atoms with van der Waals surface area (Å²) in [5.41, 5.74) is 1.63. The minimum atomic E-state index is -3.92. The zero-order valence-corrected chi connectivity index (χ0v) is 18.5. The molecule has 31 heavy (non-hydrogen) atoms. The monoisotopic (exact) mass is 466 g/mol. The number of benzene rings is 2. The van der Waals surface area contributed by atoms with Gasteiger partial charge in [0, 0.05) is 43.9 Å². The fourth-order valence-electron chi connectivity index (χ4n) is 3.98. The Morgan fingerprint density at radius 2 is 1.81 bits per heavy atom. The number of nitrogens with zero attached hydrogens (tertiary/aromatic N) is 3. The molecule has 1 fully saturated rings. The summed E-state index contributed by atoms with van der Waals surface area (Å²) in [4.78, 5) is -0.0167. The van der Waals surface area contributed by atoms with Crippen LogP contribution in [0.1, 0.15) is 17.2 Å². The largest absolute Gasteiger partial charge is 0.380 e. The van der Waals surface area contributed by atoms with E-state index in [0.717, 1.165) is 17.7 Å². The maximum Gasteiger partial charge on any atom is 0.248 e. The fraction of sp³-hybridized carbons (Fsp3) is 0.286. The Balaban J connectivity index is 1.69. The highest BCUT2D eigenvalue weighted by Crippen LogP contribution is 2.36. The van der Waals surface area contributed by atoms with Gasteiger partial charge in [-0.3, -0.25) is 4.68 Å². The molecule has 0 bridgehead atoms. The minimum Gasteiger partial charge on any atom is -0.380 e. The van der Waals surface area contributed by atoms with Crippen LogP contribution in [0.5, 0.6) is 0 Å². The van der Waals surface area contributed by atoms with Gasteiger partial charge in [0.05, 0.1) is 5.69 Å². The molecule has 0 spiro atoms. The van der Waals surface area contributed by atoms with Crippen molar-refractivity contribution in [1.29, 1.82) is 0 Å². The minimum absolute atomic E-state index is 0.0167. The van der Waals surface area contributed by atoms with Crippen molar-refractivity contribution in [3.05, 3.63) is 76.6 Å². The van der Waals surface area contributed by atoms with E-state index in [1.807, 2.05) is 30.3 Å². The van der Waals surface area contributed by atoms with Crippen LogP contribution in [-0.4, -0.2) is 41.6 Å². The van der Waals surface area contributed by atoms with Gasteiger partial charge in [0.25, 0.3) is 0 Å². The average molecular weight is 467 g/mol. The van der Waals surface area contributed by atoms with E-state index in [1.54, 1.807) is 14.0 Å². The zero-order valence-electron chi connectivity index (χ0n) is 16.9. The van der Waals surface area contributed by atoms with Gasteiger partial charge in [-0.1, -0.05) is 41.9 Å². The van der Waals surface area contributed by atoms with Gasteiger partial charge in [-0.05, 0) is 24.6 Å². The first-order chi connectivity index (χ1) is 14.7. The molecule has 0 aliphatic carbocycles. The summed E-state index contributed by atoms with van der Waals surface area (Å²) in [6.45, 7) is 1.93. The second kappa shape index (κ2) is 8.22. The third-order valence-corrected chi connectivity index (χ3v) is 8.01. The predicted molar refractivity (Wildman–Crippen MR) is 115 cm³/mol. The SMILES string of the molecule is Cc1nn(C)c(Cl)c1S(=O)(=O)N1CC(Nc2ccc(F)c(F)c2)C(c2ccccc2)C1. The van der Waals surface area contributed by atoms with Crippen molar-refractivity contribution in [2.24, 2.45) is 7.05 Å². The summed E-state index contributed by atoms with van der Waals surface area (Å²) < 4.78 is 56.5. The third kappa shape index (κ3) is 4.05. The van der Waals surface area contributed by atoms with Gasteiger partial charge in [0.2, 0.25) is 10.0 Å². The van der Waals surface area contributed by atoms with E-state index in [4.69, 9.17) is 11.6 Å². The molecule has 1 saturated heterocycles. The van der Waals surface area contributed by atoms with Crippen molar-refractivity contribution in [3.8, 4) is 0 Å². The molecule has 3 aromatic rings. The standard InChI is InChI=1S/C21H21ClF2N4O2S/c1-13-20(21(22)27(2)26-13)31(29,30)28-11-16(14-6-4-3-5-7-14)19(12-28)25-15-8-9-17(23)18(24)10-15/h3-10,16,19,25H,11-12H2,1-2H3. The number of halogens is 3. The summed E-state index contributed by atoms with van der Waals surface area (Å²) in [5, 5.41) is 7.34. The summed E-state index contributed by atoms with van der Waals surface area (Å²) in [6.07, 6.45) is 0. The number of aromatic nitrogens is 2. The number of rotatable bonds is 5. The van der Waals surface area contributed by atoms with Gasteiger partial charge in [-0.25, -0.2) is 17.2 Å². The van der Waals surface area contributed by atoms with Gasteiger partial charge < -0.3 is 5.32 Å². The molecule has 4 rings (SSSR count). The number of aryl methyl sites for hydroxylation is 2. The normalized spacial score (nSPS) is 19.6. The highest BCUT2D eigenvalue weighted by Gasteiger charge is 2.42. The van der Waals surface area contributed by atoms with Crippen molar-refractivity contribution >= 4 is 27.3 Å². The van der Waals surface area contributed by atoms with Gasteiger partial charge in [-0.2, -0.15) is 9.40 Å². The molecule has 0 radical (unpaired) electrons. The number of sulfonamides is 1. The Labute approximate surface area is 184 Å². The molecule has 0 amide bonds. The van der Waals surface area contributed by atoms with Crippen molar-refractivity contribution in [3.63, 3.8) is 0 Å². The van der Waals surface area contributed by atoms with Crippen molar-refractivity contribution in [2.75, 3.05) is 18.4 Å². The number of hydrogen-bond acceptors (Lipinski definition) is 4. The summed E-state index contributed by atoms with van der Waals surface area (Å²) in [5.74, 6) is -2.12. The van der Waals surface area contributed by atoms with Crippen LogP contribution in [0.3, 0.4) is 0 Å². The lowest BCUT2D eigenvalue weighted by Crippen LogP contribution is -2.32. The molecule has 1 aromatic heterocycles. The number of nitrogens with one attached hydrogen (secondary N) is 1. The van der Waals surface area contributed by atoms with Crippen LogP contribution < -0.4 is 5.32 Å². The lowest BCUT2D eigenvalue weighted by molar-refractivity contribution is 0.471. The number of hydrogen-bond donors (Lipinski definition) is 1. The average Bonchev–Trinajstić information content (AvgIpc) is 3.26. The van der Waals surface area contributed by atoms with Crippen LogP contribution in [0.15, 0.2) is 53.4 Å². The van der Waals surface area contributed by atoms with Crippen LogP contribution in [0.2, 0.25) is 5.15 Å². The zero-order chi connectivity index (χ0) is 22.3. The van der Waals surface area contributed by atoms with E-state index >= 15 is 0 Å².